The highest BCUT2D eigenvalue weighted by Gasteiger charge is 2.22. The van der Waals surface area contributed by atoms with E-state index in [1.807, 2.05) is 24.1 Å². The summed E-state index contributed by atoms with van der Waals surface area (Å²) in [6, 6.07) is 6.68. The molecule has 0 aliphatic carbocycles. The number of aliphatic imine (C=N–C) groups is 1. The van der Waals surface area contributed by atoms with E-state index in [-0.39, 0.29) is 11.9 Å². The van der Waals surface area contributed by atoms with E-state index in [2.05, 4.69) is 25.6 Å². The Hall–Kier alpha value is -2.61. The Bertz CT molecular complexity index is 775. The van der Waals surface area contributed by atoms with Crippen LogP contribution >= 0.6 is 0 Å². The molecule has 0 bridgehead atoms. The van der Waals surface area contributed by atoms with E-state index in [9.17, 15) is 4.39 Å². The fraction of sp³-hybridized carbons (Fsp3) is 0.500. The van der Waals surface area contributed by atoms with Gasteiger partial charge in [0, 0.05) is 53.1 Å². The standard InChI is InChI=1S/C20H29FN6O/c1-22-20(23-12-19(28-3)15-6-8-16(21)9-7-15)25-17-5-4-10-27(13-17)18-11-24-26(2)14-18/h6-9,11,14,17,19H,4-5,10,12-13H2,1-3H3,(H2,22,23,25). The molecule has 2 atom stereocenters. The average Bonchev–Trinajstić information content (AvgIpc) is 3.15. The minimum Gasteiger partial charge on any atom is -0.375 e. The van der Waals surface area contributed by atoms with Crippen molar-refractivity contribution in [3.8, 4) is 0 Å². The van der Waals surface area contributed by atoms with Gasteiger partial charge in [-0.3, -0.25) is 9.67 Å². The summed E-state index contributed by atoms with van der Waals surface area (Å²) in [5.74, 6) is 0.488. The molecule has 1 aliphatic heterocycles. The Balaban J connectivity index is 1.54. The first-order valence-corrected chi connectivity index (χ1v) is 9.58. The minimum atomic E-state index is -0.250. The normalized spacial score (nSPS) is 18.8. The van der Waals surface area contributed by atoms with Crippen LogP contribution in [-0.2, 0) is 11.8 Å². The van der Waals surface area contributed by atoms with Crippen molar-refractivity contribution in [2.45, 2.75) is 25.0 Å². The zero-order chi connectivity index (χ0) is 19.9. The molecule has 2 N–H and O–H groups in total. The minimum absolute atomic E-state index is 0.183. The van der Waals surface area contributed by atoms with Gasteiger partial charge in [-0.1, -0.05) is 12.1 Å². The van der Waals surface area contributed by atoms with E-state index >= 15 is 0 Å². The first-order valence-electron chi connectivity index (χ1n) is 9.58. The molecule has 3 rings (SSSR count). The van der Waals surface area contributed by atoms with E-state index in [0.717, 1.165) is 43.1 Å². The lowest BCUT2D eigenvalue weighted by Gasteiger charge is -2.34. The predicted octanol–water partition coefficient (Wildman–Crippen LogP) is 2.08. The molecule has 7 nitrogen and oxygen atoms in total. The molecule has 2 aromatic rings. The van der Waals surface area contributed by atoms with Crippen molar-refractivity contribution < 1.29 is 9.13 Å². The van der Waals surface area contributed by atoms with Gasteiger partial charge in [-0.15, -0.1) is 0 Å². The second-order valence-electron chi connectivity index (χ2n) is 7.03. The lowest BCUT2D eigenvalue weighted by molar-refractivity contribution is 0.106. The molecule has 2 unspecified atom stereocenters. The number of anilines is 1. The Labute approximate surface area is 165 Å². The maximum Gasteiger partial charge on any atom is 0.191 e. The number of guanidine groups is 1. The number of methoxy groups -OCH3 is 1. The van der Waals surface area contributed by atoms with Crippen molar-refractivity contribution in [2.75, 3.05) is 38.7 Å². The molecule has 2 heterocycles. The van der Waals surface area contributed by atoms with Crippen molar-refractivity contribution in [1.29, 1.82) is 0 Å². The number of hydrogen-bond acceptors (Lipinski definition) is 4. The van der Waals surface area contributed by atoms with Gasteiger partial charge in [0.15, 0.2) is 5.96 Å². The SMILES string of the molecule is CN=C(NCC(OC)c1ccc(F)cc1)NC1CCCN(c2cnn(C)c2)C1. The molecule has 0 spiro atoms. The molecule has 8 heteroatoms. The summed E-state index contributed by atoms with van der Waals surface area (Å²) in [6.45, 7) is 2.48. The molecular formula is C20H29FN6O. The number of aromatic nitrogens is 2. The molecule has 0 saturated carbocycles. The number of halogens is 1. The van der Waals surface area contributed by atoms with Crippen molar-refractivity contribution >= 4 is 11.6 Å². The van der Waals surface area contributed by atoms with E-state index in [1.54, 1.807) is 26.3 Å². The number of piperidine rings is 1. The maximum absolute atomic E-state index is 13.1. The highest BCUT2D eigenvalue weighted by Crippen LogP contribution is 2.19. The first kappa shape index (κ1) is 20.1. The predicted molar refractivity (Wildman–Crippen MR) is 109 cm³/mol. The molecule has 152 valence electrons. The van der Waals surface area contributed by atoms with Gasteiger partial charge in [0.25, 0.3) is 0 Å². The van der Waals surface area contributed by atoms with Crippen LogP contribution in [0.1, 0.15) is 24.5 Å². The first-order chi connectivity index (χ1) is 13.6. The van der Waals surface area contributed by atoms with Crippen LogP contribution in [0.4, 0.5) is 10.1 Å². The molecule has 1 aromatic heterocycles. The van der Waals surface area contributed by atoms with Crippen LogP contribution < -0.4 is 15.5 Å². The topological polar surface area (TPSA) is 66.7 Å². The fourth-order valence-corrected chi connectivity index (χ4v) is 3.49. The highest BCUT2D eigenvalue weighted by molar-refractivity contribution is 5.80. The van der Waals surface area contributed by atoms with Crippen molar-refractivity contribution in [1.82, 2.24) is 20.4 Å². The van der Waals surface area contributed by atoms with Crippen LogP contribution in [0.25, 0.3) is 0 Å². The number of nitrogens with one attached hydrogen (secondary N) is 2. The van der Waals surface area contributed by atoms with Crippen LogP contribution in [-0.4, -0.2) is 55.6 Å². The summed E-state index contributed by atoms with van der Waals surface area (Å²) in [4.78, 5) is 6.69. The third kappa shape index (κ3) is 5.22. The van der Waals surface area contributed by atoms with E-state index in [4.69, 9.17) is 4.74 Å². The van der Waals surface area contributed by atoms with E-state index in [0.29, 0.717) is 12.6 Å². The Morgan fingerprint density at radius 1 is 1.39 bits per heavy atom. The molecule has 1 saturated heterocycles. The second-order valence-corrected chi connectivity index (χ2v) is 7.03. The number of ether oxygens (including phenoxy) is 1. The number of rotatable bonds is 6. The highest BCUT2D eigenvalue weighted by atomic mass is 19.1. The van der Waals surface area contributed by atoms with Gasteiger partial charge in [-0.2, -0.15) is 5.10 Å². The average molecular weight is 388 g/mol. The Morgan fingerprint density at radius 2 is 2.18 bits per heavy atom. The summed E-state index contributed by atoms with van der Waals surface area (Å²) < 4.78 is 20.5. The van der Waals surface area contributed by atoms with Crippen LogP contribution in [0.3, 0.4) is 0 Å². The molecule has 28 heavy (non-hydrogen) atoms. The molecular weight excluding hydrogens is 359 g/mol. The number of nitrogens with zero attached hydrogens (tertiary/aromatic N) is 4. The summed E-state index contributed by atoms with van der Waals surface area (Å²) in [5.41, 5.74) is 2.07. The van der Waals surface area contributed by atoms with E-state index < -0.39 is 0 Å². The van der Waals surface area contributed by atoms with Crippen LogP contribution in [0.5, 0.6) is 0 Å². The third-order valence-electron chi connectivity index (χ3n) is 5.02. The third-order valence-corrected chi connectivity index (χ3v) is 5.02. The molecule has 0 amide bonds. The summed E-state index contributed by atoms with van der Waals surface area (Å²) in [6.07, 6.45) is 5.96. The van der Waals surface area contributed by atoms with Crippen molar-refractivity contribution in [3.05, 3.63) is 48.0 Å². The zero-order valence-corrected chi connectivity index (χ0v) is 16.7. The van der Waals surface area contributed by atoms with Gasteiger partial charge < -0.3 is 20.3 Å². The van der Waals surface area contributed by atoms with Gasteiger partial charge in [0.1, 0.15) is 5.82 Å². The Morgan fingerprint density at radius 3 is 2.82 bits per heavy atom. The Kier molecular flexibility index (Phi) is 6.86. The summed E-state index contributed by atoms with van der Waals surface area (Å²) >= 11 is 0. The number of aryl methyl sites for hydroxylation is 1. The van der Waals surface area contributed by atoms with Crippen LogP contribution in [0.15, 0.2) is 41.7 Å². The van der Waals surface area contributed by atoms with Crippen LogP contribution in [0.2, 0.25) is 0 Å². The maximum atomic E-state index is 13.1. The second kappa shape index (κ2) is 9.54. The fourth-order valence-electron chi connectivity index (χ4n) is 3.49. The summed E-state index contributed by atoms with van der Waals surface area (Å²) in [5, 5.41) is 11.1. The van der Waals surface area contributed by atoms with E-state index in [1.165, 1.54) is 12.1 Å². The van der Waals surface area contributed by atoms with Gasteiger partial charge in [0.2, 0.25) is 0 Å². The quantitative estimate of drug-likeness (QED) is 0.586. The molecule has 0 radical (unpaired) electrons. The van der Waals surface area contributed by atoms with Gasteiger partial charge in [-0.05, 0) is 30.5 Å². The smallest absolute Gasteiger partial charge is 0.191 e. The monoisotopic (exact) mass is 388 g/mol. The number of hydrogen-bond donors (Lipinski definition) is 2. The van der Waals surface area contributed by atoms with Crippen LogP contribution in [0, 0.1) is 5.82 Å². The molecule has 1 aromatic carbocycles. The number of benzene rings is 1. The largest absolute Gasteiger partial charge is 0.375 e. The zero-order valence-electron chi connectivity index (χ0n) is 16.7. The lowest BCUT2D eigenvalue weighted by atomic mass is 10.1. The molecule has 1 aliphatic rings. The molecule has 1 fully saturated rings. The van der Waals surface area contributed by atoms with Gasteiger partial charge >= 0.3 is 0 Å². The lowest BCUT2D eigenvalue weighted by Crippen LogP contribution is -2.51. The van der Waals surface area contributed by atoms with Crippen molar-refractivity contribution in [3.63, 3.8) is 0 Å². The van der Waals surface area contributed by atoms with Gasteiger partial charge in [-0.25, -0.2) is 4.39 Å². The van der Waals surface area contributed by atoms with Crippen molar-refractivity contribution in [2.24, 2.45) is 12.0 Å². The van der Waals surface area contributed by atoms with Gasteiger partial charge in [0.05, 0.1) is 18.0 Å². The summed E-state index contributed by atoms with van der Waals surface area (Å²) in [7, 11) is 5.35.